The number of hydrogen-bond donors (Lipinski definition) is 2. The van der Waals surface area contributed by atoms with E-state index in [2.05, 4.69) is 5.32 Å². The highest BCUT2D eigenvalue weighted by Crippen LogP contribution is 2.41. The molecule has 1 saturated carbocycles. The zero-order valence-corrected chi connectivity index (χ0v) is 16.5. The van der Waals surface area contributed by atoms with Gasteiger partial charge in [0, 0.05) is 16.6 Å². The van der Waals surface area contributed by atoms with Gasteiger partial charge in [-0.1, -0.05) is 18.2 Å². The summed E-state index contributed by atoms with van der Waals surface area (Å²) in [6.07, 6.45) is 2.78. The predicted octanol–water partition coefficient (Wildman–Crippen LogP) is 3.96. The number of nitrogen functional groups attached to an aromatic ring is 1. The first kappa shape index (κ1) is 19.9. The molecular weight excluding hydrogens is 356 g/mol. The number of benzene rings is 2. The number of amides is 1. The van der Waals surface area contributed by atoms with E-state index in [4.69, 9.17) is 10.5 Å². The molecule has 28 heavy (non-hydrogen) atoms. The van der Waals surface area contributed by atoms with Crippen LogP contribution in [0.15, 0.2) is 30.3 Å². The molecule has 2 unspecified atom stereocenters. The van der Waals surface area contributed by atoms with Crippen LogP contribution in [0.2, 0.25) is 0 Å². The number of ether oxygens (including phenoxy) is 1. The number of nitrogens with one attached hydrogen (secondary N) is 1. The molecule has 0 spiro atoms. The largest absolute Gasteiger partial charge is 0.444 e. The van der Waals surface area contributed by atoms with Crippen molar-refractivity contribution in [1.82, 2.24) is 5.32 Å². The molecule has 1 amide bonds. The van der Waals surface area contributed by atoms with E-state index in [-0.39, 0.29) is 5.92 Å². The number of rotatable bonds is 4. The Bertz CT molecular complexity index is 932. The van der Waals surface area contributed by atoms with E-state index in [1.54, 1.807) is 26.8 Å². The van der Waals surface area contributed by atoms with Crippen LogP contribution in [0.5, 0.6) is 0 Å². The maximum Gasteiger partial charge on any atom is 0.408 e. The molecule has 0 heterocycles. The summed E-state index contributed by atoms with van der Waals surface area (Å²) in [5.74, 6) is 0.101. The molecule has 2 aromatic rings. The lowest BCUT2D eigenvalue weighted by Gasteiger charge is -2.27. The van der Waals surface area contributed by atoms with E-state index in [1.807, 2.05) is 24.3 Å². The normalized spacial score (nSPS) is 22.0. The van der Waals surface area contributed by atoms with Crippen molar-refractivity contribution in [3.05, 3.63) is 41.5 Å². The summed E-state index contributed by atoms with van der Waals surface area (Å²) < 4.78 is 5.31. The SMILES string of the molecule is CC(C)(C)OC(=O)NC1(C=O)CCC(c2ccc3ccc(C=O)c(N)c3c2)C1. The lowest BCUT2D eigenvalue weighted by Crippen LogP contribution is -2.49. The van der Waals surface area contributed by atoms with E-state index >= 15 is 0 Å². The van der Waals surface area contributed by atoms with Crippen LogP contribution in [0, 0.1) is 0 Å². The third-order valence-corrected chi connectivity index (χ3v) is 5.24. The molecule has 0 aromatic heterocycles. The highest BCUT2D eigenvalue weighted by atomic mass is 16.6. The Labute approximate surface area is 164 Å². The molecule has 0 saturated heterocycles. The first-order valence-corrected chi connectivity index (χ1v) is 9.41. The summed E-state index contributed by atoms with van der Waals surface area (Å²) in [6, 6.07) is 9.55. The Morgan fingerprint density at radius 1 is 1.25 bits per heavy atom. The second-order valence-electron chi connectivity index (χ2n) is 8.51. The van der Waals surface area contributed by atoms with Gasteiger partial charge in [0.25, 0.3) is 0 Å². The van der Waals surface area contributed by atoms with Gasteiger partial charge in [0.1, 0.15) is 11.9 Å². The number of carbonyl (C=O) groups is 3. The topological polar surface area (TPSA) is 98.5 Å². The monoisotopic (exact) mass is 382 g/mol. The third kappa shape index (κ3) is 4.01. The van der Waals surface area contributed by atoms with Crippen LogP contribution in [0.4, 0.5) is 10.5 Å². The molecule has 2 aromatic carbocycles. The van der Waals surface area contributed by atoms with Gasteiger partial charge < -0.3 is 20.6 Å². The molecule has 0 bridgehead atoms. The van der Waals surface area contributed by atoms with Crippen LogP contribution >= 0.6 is 0 Å². The van der Waals surface area contributed by atoms with E-state index < -0.39 is 17.2 Å². The second kappa shape index (κ2) is 7.26. The molecule has 3 rings (SSSR count). The average molecular weight is 382 g/mol. The molecule has 6 nitrogen and oxygen atoms in total. The molecule has 0 aliphatic heterocycles. The van der Waals surface area contributed by atoms with Crippen molar-refractivity contribution >= 4 is 35.1 Å². The van der Waals surface area contributed by atoms with Gasteiger partial charge in [-0.2, -0.15) is 0 Å². The average Bonchev–Trinajstić information content (AvgIpc) is 3.05. The second-order valence-corrected chi connectivity index (χ2v) is 8.51. The summed E-state index contributed by atoms with van der Waals surface area (Å²) in [5, 5.41) is 4.55. The minimum atomic E-state index is -0.932. The Morgan fingerprint density at radius 3 is 2.61 bits per heavy atom. The molecule has 148 valence electrons. The molecule has 1 fully saturated rings. The summed E-state index contributed by atoms with van der Waals surface area (Å²) in [7, 11) is 0. The van der Waals surface area contributed by atoms with Gasteiger partial charge in [0.05, 0.1) is 5.54 Å². The van der Waals surface area contributed by atoms with Crippen molar-refractivity contribution in [2.75, 3.05) is 5.73 Å². The standard InChI is InChI=1S/C22H26N2O4/c1-21(2,3)28-20(27)24-22(13-26)9-8-16(11-22)15-6-4-14-5-7-17(12-25)19(23)18(14)10-15/h4-7,10,12-13,16H,8-9,11,23H2,1-3H3,(H,24,27). The van der Waals surface area contributed by atoms with Crippen molar-refractivity contribution in [3.8, 4) is 0 Å². The van der Waals surface area contributed by atoms with Crippen LogP contribution in [0.25, 0.3) is 10.8 Å². The van der Waals surface area contributed by atoms with Gasteiger partial charge in [-0.3, -0.25) is 4.79 Å². The first-order chi connectivity index (χ1) is 13.2. The molecule has 6 heteroatoms. The molecule has 2 atom stereocenters. The fourth-order valence-corrected chi connectivity index (χ4v) is 3.85. The van der Waals surface area contributed by atoms with Crippen molar-refractivity contribution in [1.29, 1.82) is 0 Å². The fourth-order valence-electron chi connectivity index (χ4n) is 3.85. The van der Waals surface area contributed by atoms with Crippen LogP contribution in [-0.4, -0.2) is 29.8 Å². The van der Waals surface area contributed by atoms with E-state index in [0.717, 1.165) is 35.3 Å². The number of fused-ring (bicyclic) bond motifs is 1. The maximum absolute atomic E-state index is 12.2. The Balaban J connectivity index is 1.84. The number of hydrogen-bond acceptors (Lipinski definition) is 5. The summed E-state index contributed by atoms with van der Waals surface area (Å²) in [4.78, 5) is 35.2. The van der Waals surface area contributed by atoms with Crippen molar-refractivity contribution in [2.45, 2.75) is 57.1 Å². The van der Waals surface area contributed by atoms with Gasteiger partial charge >= 0.3 is 6.09 Å². The highest BCUT2D eigenvalue weighted by Gasteiger charge is 2.41. The van der Waals surface area contributed by atoms with E-state index in [9.17, 15) is 14.4 Å². The van der Waals surface area contributed by atoms with Crippen molar-refractivity contribution < 1.29 is 19.1 Å². The summed E-state index contributed by atoms with van der Waals surface area (Å²) in [5.41, 5.74) is 6.54. The zero-order chi connectivity index (χ0) is 20.5. The number of alkyl carbamates (subject to hydrolysis) is 1. The van der Waals surface area contributed by atoms with Gasteiger partial charge in [-0.25, -0.2) is 4.79 Å². The lowest BCUT2D eigenvalue weighted by molar-refractivity contribution is -0.113. The highest BCUT2D eigenvalue weighted by molar-refractivity contribution is 6.01. The quantitative estimate of drug-likeness (QED) is 0.616. The van der Waals surface area contributed by atoms with Gasteiger partial charge in [0.15, 0.2) is 6.29 Å². The molecule has 1 aliphatic rings. The number of anilines is 1. The summed E-state index contributed by atoms with van der Waals surface area (Å²) >= 11 is 0. The Hall–Kier alpha value is -2.89. The van der Waals surface area contributed by atoms with Gasteiger partial charge in [0.2, 0.25) is 0 Å². The van der Waals surface area contributed by atoms with E-state index in [1.165, 1.54) is 0 Å². The number of carbonyl (C=O) groups excluding carboxylic acids is 3. The minimum absolute atomic E-state index is 0.101. The van der Waals surface area contributed by atoms with Crippen LogP contribution < -0.4 is 11.1 Å². The number of aldehydes is 2. The fraction of sp³-hybridized carbons (Fsp3) is 0.409. The first-order valence-electron chi connectivity index (χ1n) is 9.41. The van der Waals surface area contributed by atoms with Crippen LogP contribution in [0.1, 0.15) is 61.9 Å². The lowest BCUT2D eigenvalue weighted by atomic mass is 9.91. The summed E-state index contributed by atoms with van der Waals surface area (Å²) in [6.45, 7) is 5.35. The van der Waals surface area contributed by atoms with Crippen LogP contribution in [0.3, 0.4) is 0 Å². The van der Waals surface area contributed by atoms with Gasteiger partial charge in [-0.05, 0) is 69.0 Å². The molecule has 0 radical (unpaired) electrons. The molecule has 3 N–H and O–H groups in total. The predicted molar refractivity (Wildman–Crippen MR) is 109 cm³/mol. The van der Waals surface area contributed by atoms with Crippen molar-refractivity contribution in [2.24, 2.45) is 0 Å². The molecular formula is C22H26N2O4. The van der Waals surface area contributed by atoms with Gasteiger partial charge in [-0.15, -0.1) is 0 Å². The van der Waals surface area contributed by atoms with Crippen LogP contribution in [-0.2, 0) is 9.53 Å². The maximum atomic E-state index is 12.2. The molecule has 1 aliphatic carbocycles. The zero-order valence-electron chi connectivity index (χ0n) is 16.5. The Kier molecular flexibility index (Phi) is 5.15. The van der Waals surface area contributed by atoms with Crippen molar-refractivity contribution in [3.63, 3.8) is 0 Å². The number of nitrogens with two attached hydrogens (primary N) is 1. The minimum Gasteiger partial charge on any atom is -0.444 e. The van der Waals surface area contributed by atoms with E-state index in [0.29, 0.717) is 24.1 Å². The third-order valence-electron chi connectivity index (χ3n) is 5.24. The Morgan fingerprint density at radius 2 is 1.96 bits per heavy atom. The smallest absolute Gasteiger partial charge is 0.408 e.